The molecular weight excluding hydrogens is 270 g/mol. The minimum atomic E-state index is -0.219. The maximum Gasteiger partial charge on any atom is 0.168 e. The fourth-order valence-electron chi connectivity index (χ4n) is 2.16. The van der Waals surface area contributed by atoms with Crippen molar-refractivity contribution in [2.24, 2.45) is 11.7 Å². The largest absolute Gasteiger partial charge is 0.383 e. The Bertz CT molecular complexity index is 419. The van der Waals surface area contributed by atoms with Crippen molar-refractivity contribution in [3.8, 4) is 0 Å². The number of halogens is 1. The number of ether oxygens (including phenoxy) is 1. The number of benzene rings is 1. The zero-order chi connectivity index (χ0) is 11.7. The Morgan fingerprint density at radius 3 is 3.06 bits per heavy atom. The second-order valence-electron chi connectivity index (χ2n) is 4.10. The number of rotatable bonds is 3. The molecule has 2 unspecified atom stereocenters. The number of hydrogen-bond donors (Lipinski definition) is 1. The van der Waals surface area contributed by atoms with E-state index in [2.05, 4.69) is 15.9 Å². The molecule has 0 amide bonds. The second kappa shape index (κ2) is 4.65. The van der Waals surface area contributed by atoms with Crippen LogP contribution in [0.15, 0.2) is 22.7 Å². The SMILES string of the molecule is COCC(N)C1Cc2cc(Br)ccc2C1=O. The lowest BCUT2D eigenvalue weighted by atomic mass is 9.97. The number of Topliss-reactive ketones (excluding diaryl/α,β-unsaturated/α-hetero) is 1. The number of carbonyl (C=O) groups excluding carboxylic acids is 1. The lowest BCUT2D eigenvalue weighted by molar-refractivity contribution is 0.0871. The topological polar surface area (TPSA) is 52.3 Å². The predicted octanol–water partition coefficient (Wildman–Crippen LogP) is 1.78. The number of fused-ring (bicyclic) bond motifs is 1. The van der Waals surface area contributed by atoms with Gasteiger partial charge in [0.25, 0.3) is 0 Å². The number of carbonyl (C=O) groups is 1. The monoisotopic (exact) mass is 283 g/mol. The molecule has 0 fully saturated rings. The molecule has 0 aliphatic heterocycles. The van der Waals surface area contributed by atoms with E-state index < -0.39 is 0 Å². The lowest BCUT2D eigenvalue weighted by Crippen LogP contribution is -2.37. The Balaban J connectivity index is 2.23. The first kappa shape index (κ1) is 11.8. The molecule has 1 aliphatic rings. The minimum Gasteiger partial charge on any atom is -0.383 e. The first-order chi connectivity index (χ1) is 7.63. The van der Waals surface area contributed by atoms with Crippen LogP contribution in [0.3, 0.4) is 0 Å². The van der Waals surface area contributed by atoms with Crippen LogP contribution in [0.5, 0.6) is 0 Å². The molecule has 2 atom stereocenters. The molecule has 16 heavy (non-hydrogen) atoms. The van der Waals surface area contributed by atoms with E-state index in [1.165, 1.54) is 0 Å². The van der Waals surface area contributed by atoms with Gasteiger partial charge in [-0.05, 0) is 24.1 Å². The molecule has 0 aromatic heterocycles. The van der Waals surface area contributed by atoms with Crippen molar-refractivity contribution in [3.05, 3.63) is 33.8 Å². The van der Waals surface area contributed by atoms with Crippen molar-refractivity contribution < 1.29 is 9.53 Å². The zero-order valence-electron chi connectivity index (χ0n) is 9.07. The Hall–Kier alpha value is -0.710. The lowest BCUT2D eigenvalue weighted by Gasteiger charge is -2.16. The summed E-state index contributed by atoms with van der Waals surface area (Å²) in [4.78, 5) is 12.1. The fraction of sp³-hybridized carbons (Fsp3) is 0.417. The van der Waals surface area contributed by atoms with Crippen LogP contribution in [0.2, 0.25) is 0 Å². The van der Waals surface area contributed by atoms with E-state index in [1.54, 1.807) is 7.11 Å². The van der Waals surface area contributed by atoms with E-state index in [1.807, 2.05) is 18.2 Å². The third-order valence-electron chi connectivity index (χ3n) is 2.99. The first-order valence-electron chi connectivity index (χ1n) is 5.20. The van der Waals surface area contributed by atoms with Crippen molar-refractivity contribution in [2.75, 3.05) is 13.7 Å². The Morgan fingerprint density at radius 2 is 2.38 bits per heavy atom. The summed E-state index contributed by atoms with van der Waals surface area (Å²) in [5.74, 6) is 0.0105. The zero-order valence-corrected chi connectivity index (χ0v) is 10.7. The summed E-state index contributed by atoms with van der Waals surface area (Å²) in [7, 11) is 1.60. The molecule has 86 valence electrons. The molecule has 1 aromatic rings. The van der Waals surface area contributed by atoms with Crippen molar-refractivity contribution >= 4 is 21.7 Å². The molecule has 1 aromatic carbocycles. The minimum absolute atomic E-state index is 0.135. The second-order valence-corrected chi connectivity index (χ2v) is 5.01. The molecular formula is C12H14BrNO2. The maximum absolute atomic E-state index is 12.1. The van der Waals surface area contributed by atoms with Crippen LogP contribution >= 0.6 is 15.9 Å². The van der Waals surface area contributed by atoms with E-state index in [9.17, 15) is 4.79 Å². The summed E-state index contributed by atoms with van der Waals surface area (Å²) in [5.41, 5.74) is 7.82. The molecule has 2 rings (SSSR count). The van der Waals surface area contributed by atoms with Gasteiger partial charge in [-0.15, -0.1) is 0 Å². The summed E-state index contributed by atoms with van der Waals surface area (Å²) in [5, 5.41) is 0. The van der Waals surface area contributed by atoms with Gasteiger partial charge < -0.3 is 10.5 Å². The van der Waals surface area contributed by atoms with Crippen molar-refractivity contribution in [1.29, 1.82) is 0 Å². The quantitative estimate of drug-likeness (QED) is 0.920. The van der Waals surface area contributed by atoms with Gasteiger partial charge in [-0.2, -0.15) is 0 Å². The molecule has 3 nitrogen and oxygen atoms in total. The number of methoxy groups -OCH3 is 1. The van der Waals surface area contributed by atoms with Crippen molar-refractivity contribution in [1.82, 2.24) is 0 Å². The average Bonchev–Trinajstić information content (AvgIpc) is 2.56. The molecule has 0 heterocycles. The van der Waals surface area contributed by atoms with Crippen molar-refractivity contribution in [3.63, 3.8) is 0 Å². The maximum atomic E-state index is 12.1. The highest BCUT2D eigenvalue weighted by Gasteiger charge is 2.34. The first-order valence-corrected chi connectivity index (χ1v) is 6.00. The molecule has 0 bridgehead atoms. The number of ketones is 1. The van der Waals surface area contributed by atoms with E-state index in [4.69, 9.17) is 10.5 Å². The van der Waals surface area contributed by atoms with Gasteiger partial charge in [-0.3, -0.25) is 4.79 Å². The normalized spacial score (nSPS) is 20.9. The van der Waals surface area contributed by atoms with Crippen LogP contribution in [0, 0.1) is 5.92 Å². The van der Waals surface area contributed by atoms with E-state index in [-0.39, 0.29) is 17.7 Å². The molecule has 0 saturated heterocycles. The summed E-state index contributed by atoms with van der Waals surface area (Å²) < 4.78 is 6.00. The van der Waals surface area contributed by atoms with Gasteiger partial charge in [-0.25, -0.2) is 0 Å². The van der Waals surface area contributed by atoms with E-state index in [0.29, 0.717) is 6.61 Å². The fourth-order valence-corrected chi connectivity index (χ4v) is 2.56. The predicted molar refractivity (Wildman–Crippen MR) is 65.5 cm³/mol. The highest BCUT2D eigenvalue weighted by molar-refractivity contribution is 9.10. The van der Waals surface area contributed by atoms with Gasteiger partial charge >= 0.3 is 0 Å². The highest BCUT2D eigenvalue weighted by atomic mass is 79.9. The Kier molecular flexibility index (Phi) is 3.42. The van der Waals surface area contributed by atoms with Gasteiger partial charge in [0, 0.05) is 29.1 Å². The van der Waals surface area contributed by atoms with Crippen LogP contribution in [-0.2, 0) is 11.2 Å². The molecule has 4 heteroatoms. The van der Waals surface area contributed by atoms with Gasteiger partial charge in [-0.1, -0.05) is 22.0 Å². The van der Waals surface area contributed by atoms with Crippen molar-refractivity contribution in [2.45, 2.75) is 12.5 Å². The summed E-state index contributed by atoms with van der Waals surface area (Å²) in [6, 6.07) is 5.53. The standard InChI is InChI=1S/C12H14BrNO2/c1-16-6-11(14)10-5-7-4-8(13)2-3-9(7)12(10)15/h2-4,10-11H,5-6,14H2,1H3. The number of hydrogen-bond acceptors (Lipinski definition) is 3. The van der Waals surface area contributed by atoms with Crippen LogP contribution < -0.4 is 5.73 Å². The molecule has 0 radical (unpaired) electrons. The van der Waals surface area contributed by atoms with Crippen LogP contribution in [0.25, 0.3) is 0 Å². The number of nitrogens with two attached hydrogens (primary N) is 1. The Labute approximate surface area is 103 Å². The van der Waals surface area contributed by atoms with Gasteiger partial charge in [0.1, 0.15) is 0 Å². The van der Waals surface area contributed by atoms with Gasteiger partial charge in [0.05, 0.1) is 6.61 Å². The summed E-state index contributed by atoms with van der Waals surface area (Å²) >= 11 is 3.41. The van der Waals surface area contributed by atoms with Crippen LogP contribution in [0.4, 0.5) is 0 Å². The molecule has 2 N–H and O–H groups in total. The average molecular weight is 284 g/mol. The third kappa shape index (κ3) is 2.05. The summed E-state index contributed by atoms with van der Waals surface area (Å²) in [6.07, 6.45) is 0.720. The summed E-state index contributed by atoms with van der Waals surface area (Å²) in [6.45, 7) is 0.422. The van der Waals surface area contributed by atoms with E-state index in [0.717, 1.165) is 22.0 Å². The highest BCUT2D eigenvalue weighted by Crippen LogP contribution is 2.30. The molecule has 1 aliphatic carbocycles. The van der Waals surface area contributed by atoms with Crippen LogP contribution in [-0.4, -0.2) is 25.5 Å². The van der Waals surface area contributed by atoms with Gasteiger partial charge in [0.15, 0.2) is 5.78 Å². The third-order valence-corrected chi connectivity index (χ3v) is 3.48. The molecule has 0 saturated carbocycles. The van der Waals surface area contributed by atoms with Gasteiger partial charge in [0.2, 0.25) is 0 Å². The Morgan fingerprint density at radius 1 is 1.62 bits per heavy atom. The smallest absolute Gasteiger partial charge is 0.168 e. The van der Waals surface area contributed by atoms with E-state index >= 15 is 0 Å². The molecule has 0 spiro atoms. The van der Waals surface area contributed by atoms with Crippen LogP contribution in [0.1, 0.15) is 15.9 Å².